The first-order chi connectivity index (χ1) is 12.2. The molecule has 4 aliphatic carbocycles. The molecular formula is C23H35NO2. The third kappa shape index (κ3) is 2.29. The first kappa shape index (κ1) is 17.4. The van der Waals surface area contributed by atoms with Crippen molar-refractivity contribution in [2.45, 2.75) is 71.3 Å². The number of rotatable bonds is 2. The van der Waals surface area contributed by atoms with Crippen LogP contribution in [0.15, 0.2) is 11.6 Å². The van der Waals surface area contributed by atoms with Gasteiger partial charge in [-0.2, -0.15) is 0 Å². The van der Waals surface area contributed by atoms with Crippen LogP contribution in [-0.2, 0) is 4.79 Å². The van der Waals surface area contributed by atoms with Crippen molar-refractivity contribution in [2.75, 3.05) is 19.6 Å². The highest BCUT2D eigenvalue weighted by Crippen LogP contribution is 2.68. The van der Waals surface area contributed by atoms with Crippen molar-refractivity contribution in [1.82, 2.24) is 4.90 Å². The Balaban J connectivity index is 1.53. The molecule has 5 rings (SSSR count). The van der Waals surface area contributed by atoms with Crippen LogP contribution < -0.4 is 0 Å². The smallest absolute Gasteiger partial charge is 0.155 e. The van der Waals surface area contributed by atoms with E-state index >= 15 is 0 Å². The number of nitrogens with zero attached hydrogens (tertiary/aromatic N) is 1. The van der Waals surface area contributed by atoms with Crippen LogP contribution in [0.5, 0.6) is 0 Å². The van der Waals surface area contributed by atoms with Gasteiger partial charge in [0.15, 0.2) is 5.78 Å². The van der Waals surface area contributed by atoms with Gasteiger partial charge in [-0.15, -0.1) is 0 Å². The molecule has 0 aromatic carbocycles. The van der Waals surface area contributed by atoms with Crippen LogP contribution in [0.1, 0.15) is 65.7 Å². The summed E-state index contributed by atoms with van der Waals surface area (Å²) in [5.41, 5.74) is 1.29. The van der Waals surface area contributed by atoms with Gasteiger partial charge < -0.3 is 10.0 Å². The quantitative estimate of drug-likeness (QED) is 0.764. The molecule has 1 heterocycles. The van der Waals surface area contributed by atoms with Crippen LogP contribution in [0.4, 0.5) is 0 Å². The molecule has 1 saturated heterocycles. The maximum atomic E-state index is 12.3. The van der Waals surface area contributed by atoms with Gasteiger partial charge >= 0.3 is 0 Å². The lowest BCUT2D eigenvalue weighted by atomic mass is 9.45. The summed E-state index contributed by atoms with van der Waals surface area (Å²) in [6.07, 6.45) is 9.63. The van der Waals surface area contributed by atoms with Crippen LogP contribution in [0.25, 0.3) is 0 Å². The lowest BCUT2D eigenvalue weighted by Crippen LogP contribution is -2.56. The molecule has 26 heavy (non-hydrogen) atoms. The Labute approximate surface area is 158 Å². The van der Waals surface area contributed by atoms with Crippen molar-refractivity contribution in [3.63, 3.8) is 0 Å². The van der Waals surface area contributed by atoms with E-state index in [0.717, 1.165) is 38.1 Å². The van der Waals surface area contributed by atoms with Crippen LogP contribution in [0.2, 0.25) is 0 Å². The molecule has 0 amide bonds. The van der Waals surface area contributed by atoms with Gasteiger partial charge in [0.25, 0.3) is 0 Å². The Kier molecular flexibility index (Phi) is 3.65. The molecular weight excluding hydrogens is 322 g/mol. The van der Waals surface area contributed by atoms with E-state index in [1.54, 1.807) is 0 Å². The van der Waals surface area contributed by atoms with Gasteiger partial charge in [0.05, 0.1) is 5.60 Å². The molecule has 0 aromatic rings. The molecule has 3 saturated carbocycles. The van der Waals surface area contributed by atoms with Crippen molar-refractivity contribution in [3.05, 3.63) is 11.6 Å². The number of hydrogen-bond donors (Lipinski definition) is 1. The lowest BCUT2D eigenvalue weighted by molar-refractivity contribution is -0.128. The van der Waals surface area contributed by atoms with Crippen LogP contribution in [0.3, 0.4) is 0 Å². The summed E-state index contributed by atoms with van der Waals surface area (Å²) >= 11 is 0. The molecule has 0 spiro atoms. The number of aliphatic hydroxyl groups is 1. The summed E-state index contributed by atoms with van der Waals surface area (Å²) in [5.74, 6) is 3.00. The summed E-state index contributed by atoms with van der Waals surface area (Å²) in [6, 6.07) is 0. The van der Waals surface area contributed by atoms with E-state index in [-0.39, 0.29) is 10.8 Å². The summed E-state index contributed by atoms with van der Waals surface area (Å²) in [6.45, 7) is 10.6. The zero-order valence-electron chi connectivity index (χ0n) is 16.8. The number of carbonyl (C=O) groups excluding carboxylic acids is 1. The summed E-state index contributed by atoms with van der Waals surface area (Å²) in [5, 5.41) is 11.1. The molecule has 3 nitrogen and oxygen atoms in total. The fourth-order valence-corrected chi connectivity index (χ4v) is 7.77. The highest BCUT2D eigenvalue weighted by atomic mass is 16.3. The fraction of sp³-hybridized carbons (Fsp3) is 0.870. The molecule has 0 radical (unpaired) electrons. The highest BCUT2D eigenvalue weighted by molar-refractivity contribution is 5.91. The summed E-state index contributed by atoms with van der Waals surface area (Å²) in [7, 11) is 0. The highest BCUT2D eigenvalue weighted by Gasteiger charge is 2.63. The van der Waals surface area contributed by atoms with Gasteiger partial charge in [-0.1, -0.05) is 19.4 Å². The van der Waals surface area contributed by atoms with Gasteiger partial charge in [-0.3, -0.25) is 4.79 Å². The second kappa shape index (κ2) is 5.44. The Hall–Kier alpha value is -0.670. The molecule has 7 atom stereocenters. The van der Waals surface area contributed by atoms with E-state index in [0.29, 0.717) is 23.5 Å². The lowest BCUT2D eigenvalue weighted by Gasteiger charge is -2.60. The Morgan fingerprint density at radius 1 is 1.12 bits per heavy atom. The minimum Gasteiger partial charge on any atom is -0.390 e. The molecule has 144 valence electrons. The van der Waals surface area contributed by atoms with Gasteiger partial charge in [-0.25, -0.2) is 0 Å². The standard InChI is InChI=1S/C23H35NO2/c1-21-7-4-16(25)13-20(21)15(14-24-10-11-24)12-17-18(21)5-8-22(2)19(17)6-9-23(22,3)26/h13,15,17-19,26H,4-12,14H2,1-3H3/t15-,17+,18-,19+,21+,22-,23-/m0/s1. The minimum atomic E-state index is -0.502. The Morgan fingerprint density at radius 3 is 2.58 bits per heavy atom. The van der Waals surface area contributed by atoms with E-state index < -0.39 is 5.60 Å². The molecule has 0 bridgehead atoms. The van der Waals surface area contributed by atoms with E-state index in [2.05, 4.69) is 31.7 Å². The fourth-order valence-electron chi connectivity index (χ4n) is 7.77. The Bertz CT molecular complexity index is 663. The molecule has 5 aliphatic rings. The van der Waals surface area contributed by atoms with Gasteiger partial charge in [0.1, 0.15) is 0 Å². The van der Waals surface area contributed by atoms with Crippen molar-refractivity contribution in [3.8, 4) is 0 Å². The predicted octanol–water partition coefficient (Wildman–Crippen LogP) is 3.81. The van der Waals surface area contributed by atoms with E-state index in [9.17, 15) is 9.90 Å². The topological polar surface area (TPSA) is 40.3 Å². The van der Waals surface area contributed by atoms with Crippen molar-refractivity contribution in [2.24, 2.45) is 34.5 Å². The molecule has 4 fully saturated rings. The first-order valence-corrected chi connectivity index (χ1v) is 10.9. The average Bonchev–Trinajstić information content (AvgIpc) is 3.35. The van der Waals surface area contributed by atoms with Crippen molar-refractivity contribution < 1.29 is 9.90 Å². The second-order valence-electron chi connectivity index (χ2n) is 10.9. The zero-order valence-corrected chi connectivity index (χ0v) is 16.8. The van der Waals surface area contributed by atoms with Gasteiger partial charge in [0.2, 0.25) is 0 Å². The molecule has 3 heteroatoms. The number of ketones is 1. The monoisotopic (exact) mass is 357 g/mol. The summed E-state index contributed by atoms with van der Waals surface area (Å²) < 4.78 is 0. The first-order valence-electron chi connectivity index (χ1n) is 10.9. The Morgan fingerprint density at radius 2 is 1.85 bits per heavy atom. The molecule has 1 N–H and O–H groups in total. The van der Waals surface area contributed by atoms with Crippen LogP contribution in [-0.4, -0.2) is 41.0 Å². The van der Waals surface area contributed by atoms with E-state index in [4.69, 9.17) is 0 Å². The molecule has 0 unspecified atom stereocenters. The average molecular weight is 358 g/mol. The SMILES string of the molecule is C[C@]12CCC(=O)C=C1[C@H](CN1CC1)C[C@H]1[C@H]3CC[C@](C)(O)[C@@]3(C)CC[C@@H]12. The number of carbonyl (C=O) groups is 1. The molecule has 0 aromatic heterocycles. The normalized spacial score (nSPS) is 53.5. The van der Waals surface area contributed by atoms with Gasteiger partial charge in [-0.05, 0) is 86.0 Å². The van der Waals surface area contributed by atoms with Crippen LogP contribution in [0, 0.1) is 34.5 Å². The largest absolute Gasteiger partial charge is 0.390 e. The minimum absolute atomic E-state index is 0.0840. The maximum absolute atomic E-state index is 12.3. The van der Waals surface area contributed by atoms with E-state index in [1.165, 1.54) is 37.9 Å². The van der Waals surface area contributed by atoms with Gasteiger partial charge in [0, 0.05) is 26.1 Å². The number of fused-ring (bicyclic) bond motifs is 5. The van der Waals surface area contributed by atoms with Crippen molar-refractivity contribution >= 4 is 5.78 Å². The number of hydrogen-bond acceptors (Lipinski definition) is 3. The third-order valence-electron chi connectivity index (χ3n) is 9.70. The second-order valence-corrected chi connectivity index (χ2v) is 10.9. The van der Waals surface area contributed by atoms with E-state index in [1.807, 2.05) is 0 Å². The third-order valence-corrected chi connectivity index (χ3v) is 9.70. The predicted molar refractivity (Wildman–Crippen MR) is 103 cm³/mol. The van der Waals surface area contributed by atoms with Crippen LogP contribution >= 0.6 is 0 Å². The van der Waals surface area contributed by atoms with Crippen molar-refractivity contribution in [1.29, 1.82) is 0 Å². The summed E-state index contributed by atoms with van der Waals surface area (Å²) in [4.78, 5) is 14.8. The zero-order chi connectivity index (χ0) is 18.3. The molecule has 1 aliphatic heterocycles. The maximum Gasteiger partial charge on any atom is 0.155 e.